The predicted octanol–water partition coefficient (Wildman–Crippen LogP) is 3.62. The van der Waals surface area contributed by atoms with Gasteiger partial charge in [-0.05, 0) is 24.6 Å². The summed E-state index contributed by atoms with van der Waals surface area (Å²) < 4.78 is 6.01. The molecule has 0 spiro atoms. The fourth-order valence-electron chi connectivity index (χ4n) is 1.09. The minimum absolute atomic E-state index is 0.0872. The molecule has 0 aliphatic rings. The Balaban J connectivity index is 4.18. The van der Waals surface area contributed by atoms with Crippen LogP contribution in [0.3, 0.4) is 0 Å². The van der Waals surface area contributed by atoms with Crippen molar-refractivity contribution in [2.24, 2.45) is 5.92 Å². The first-order valence-electron chi connectivity index (χ1n) is 5.84. The Bertz CT molecular complexity index is 194. The zero-order valence-corrected chi connectivity index (χ0v) is 12.1. The first-order chi connectivity index (χ1) is 6.74. The first-order valence-corrected chi connectivity index (χ1v) is 8.74. The maximum absolute atomic E-state index is 10.8. The number of rotatable bonds is 6. The lowest BCUT2D eigenvalue weighted by molar-refractivity contribution is -0.112. The van der Waals surface area contributed by atoms with Gasteiger partial charge in [0.1, 0.15) is 6.29 Å². The fraction of sp³-hybridized carbons (Fsp3) is 0.917. The summed E-state index contributed by atoms with van der Waals surface area (Å²) in [5.41, 5.74) is 0. The Morgan fingerprint density at radius 2 is 1.87 bits per heavy atom. The summed E-state index contributed by atoms with van der Waals surface area (Å²) in [5, 5.41) is 0.229. The third-order valence-electron chi connectivity index (χ3n) is 3.32. The van der Waals surface area contributed by atoms with Gasteiger partial charge in [-0.3, -0.25) is 0 Å². The standard InChI is InChI=1S/C12H26O2Si/c1-7-8-11(9-13)10-14-15(5,6)12(2,3)4/h9,11H,7-8,10H2,1-6H3/t11-/m0/s1. The molecule has 0 saturated carbocycles. The maximum atomic E-state index is 10.8. The van der Waals surface area contributed by atoms with Crippen LogP contribution in [0.2, 0.25) is 18.1 Å². The highest BCUT2D eigenvalue weighted by molar-refractivity contribution is 6.74. The van der Waals surface area contributed by atoms with E-state index in [0.29, 0.717) is 6.61 Å². The molecule has 0 amide bonds. The van der Waals surface area contributed by atoms with Crippen LogP contribution in [0.5, 0.6) is 0 Å². The highest BCUT2D eigenvalue weighted by atomic mass is 28.4. The van der Waals surface area contributed by atoms with E-state index in [0.717, 1.165) is 19.1 Å². The zero-order chi connectivity index (χ0) is 12.1. The summed E-state index contributed by atoms with van der Waals surface area (Å²) in [6.07, 6.45) is 3.03. The molecule has 0 aliphatic heterocycles. The van der Waals surface area contributed by atoms with Crippen molar-refractivity contribution in [3.63, 3.8) is 0 Å². The second kappa shape index (κ2) is 5.80. The van der Waals surface area contributed by atoms with E-state index >= 15 is 0 Å². The molecule has 2 nitrogen and oxygen atoms in total. The second-order valence-electron chi connectivity index (χ2n) is 5.76. The van der Waals surface area contributed by atoms with Gasteiger partial charge >= 0.3 is 0 Å². The third-order valence-corrected chi connectivity index (χ3v) is 7.82. The highest BCUT2D eigenvalue weighted by Crippen LogP contribution is 2.36. The minimum Gasteiger partial charge on any atom is -0.416 e. The first kappa shape index (κ1) is 14.8. The molecular formula is C12H26O2Si. The van der Waals surface area contributed by atoms with Crippen LogP contribution in [0, 0.1) is 5.92 Å². The summed E-state index contributed by atoms with van der Waals surface area (Å²) >= 11 is 0. The van der Waals surface area contributed by atoms with Gasteiger partial charge in [-0.1, -0.05) is 34.1 Å². The van der Waals surface area contributed by atoms with Crippen LogP contribution in [0.4, 0.5) is 0 Å². The summed E-state index contributed by atoms with van der Waals surface area (Å²) in [6.45, 7) is 13.8. The van der Waals surface area contributed by atoms with Crippen LogP contribution in [-0.2, 0) is 9.22 Å². The molecule has 90 valence electrons. The molecule has 0 aliphatic carbocycles. The van der Waals surface area contributed by atoms with Gasteiger partial charge in [0.15, 0.2) is 8.32 Å². The molecule has 0 fully saturated rings. The van der Waals surface area contributed by atoms with Gasteiger partial charge in [0.05, 0.1) is 0 Å². The van der Waals surface area contributed by atoms with Crippen molar-refractivity contribution < 1.29 is 9.22 Å². The van der Waals surface area contributed by atoms with E-state index in [1.54, 1.807) is 0 Å². The lowest BCUT2D eigenvalue weighted by Gasteiger charge is -2.36. The average molecular weight is 230 g/mol. The van der Waals surface area contributed by atoms with Crippen LogP contribution in [0.15, 0.2) is 0 Å². The van der Waals surface area contributed by atoms with Crippen LogP contribution in [0.25, 0.3) is 0 Å². The molecule has 0 aromatic carbocycles. The average Bonchev–Trinajstić information content (AvgIpc) is 2.10. The van der Waals surface area contributed by atoms with Gasteiger partial charge in [-0.15, -0.1) is 0 Å². The van der Waals surface area contributed by atoms with Gasteiger partial charge in [-0.2, -0.15) is 0 Å². The summed E-state index contributed by atoms with van der Waals surface area (Å²) in [4.78, 5) is 10.8. The van der Waals surface area contributed by atoms with E-state index in [2.05, 4.69) is 40.8 Å². The molecule has 0 rings (SSSR count). The number of aldehydes is 1. The van der Waals surface area contributed by atoms with Gasteiger partial charge in [0, 0.05) is 12.5 Å². The number of hydrogen-bond donors (Lipinski definition) is 0. The quantitative estimate of drug-likeness (QED) is 0.514. The smallest absolute Gasteiger partial charge is 0.192 e. The fourth-order valence-corrected chi connectivity index (χ4v) is 2.16. The Hall–Kier alpha value is -0.153. The molecule has 0 heterocycles. The molecule has 15 heavy (non-hydrogen) atoms. The van der Waals surface area contributed by atoms with E-state index in [9.17, 15) is 4.79 Å². The van der Waals surface area contributed by atoms with Gasteiger partial charge in [0.2, 0.25) is 0 Å². The molecule has 1 atom stereocenters. The molecule has 0 unspecified atom stereocenters. The van der Waals surface area contributed by atoms with Crippen LogP contribution < -0.4 is 0 Å². The Labute approximate surface area is 95.5 Å². The SMILES string of the molecule is CCC[C@@H](C=O)CO[Si](C)(C)C(C)(C)C. The maximum Gasteiger partial charge on any atom is 0.192 e. The molecule has 0 N–H and O–H groups in total. The molecule has 0 aromatic heterocycles. The molecule has 0 radical (unpaired) electrons. The molecule has 0 bridgehead atoms. The second-order valence-corrected chi connectivity index (χ2v) is 10.6. The van der Waals surface area contributed by atoms with Crippen molar-refractivity contribution >= 4 is 14.6 Å². The third kappa shape index (κ3) is 4.93. The van der Waals surface area contributed by atoms with Crippen molar-refractivity contribution in [1.82, 2.24) is 0 Å². The van der Waals surface area contributed by atoms with Crippen LogP contribution in [-0.4, -0.2) is 21.2 Å². The number of hydrogen-bond acceptors (Lipinski definition) is 2. The zero-order valence-electron chi connectivity index (χ0n) is 11.1. The van der Waals surface area contributed by atoms with E-state index in [4.69, 9.17) is 4.43 Å². The molecule has 3 heteroatoms. The normalized spacial score (nSPS) is 15.1. The lowest BCUT2D eigenvalue weighted by atomic mass is 10.1. The van der Waals surface area contributed by atoms with Gasteiger partial charge < -0.3 is 9.22 Å². The number of carbonyl (C=O) groups is 1. The minimum atomic E-state index is -1.67. The molecule has 0 aromatic rings. The lowest BCUT2D eigenvalue weighted by Crippen LogP contribution is -2.42. The van der Waals surface area contributed by atoms with Crippen LogP contribution >= 0.6 is 0 Å². The number of carbonyl (C=O) groups excluding carboxylic acids is 1. The summed E-state index contributed by atoms with van der Waals surface area (Å²) in [5.74, 6) is 0.0872. The molecule has 0 saturated heterocycles. The Kier molecular flexibility index (Phi) is 5.74. The van der Waals surface area contributed by atoms with Crippen LogP contribution in [0.1, 0.15) is 40.5 Å². The van der Waals surface area contributed by atoms with Gasteiger partial charge in [0.25, 0.3) is 0 Å². The Morgan fingerprint density at radius 3 is 2.20 bits per heavy atom. The Morgan fingerprint density at radius 1 is 1.33 bits per heavy atom. The van der Waals surface area contributed by atoms with E-state index < -0.39 is 8.32 Å². The highest BCUT2D eigenvalue weighted by Gasteiger charge is 2.37. The predicted molar refractivity (Wildman–Crippen MR) is 67.6 cm³/mol. The summed E-state index contributed by atoms with van der Waals surface area (Å²) in [7, 11) is -1.67. The largest absolute Gasteiger partial charge is 0.416 e. The van der Waals surface area contributed by atoms with E-state index in [-0.39, 0.29) is 11.0 Å². The van der Waals surface area contributed by atoms with E-state index in [1.165, 1.54) is 0 Å². The van der Waals surface area contributed by atoms with Gasteiger partial charge in [-0.25, -0.2) is 0 Å². The van der Waals surface area contributed by atoms with Crippen molar-refractivity contribution in [3.8, 4) is 0 Å². The monoisotopic (exact) mass is 230 g/mol. The topological polar surface area (TPSA) is 26.3 Å². The van der Waals surface area contributed by atoms with Crippen molar-refractivity contribution in [2.45, 2.75) is 58.7 Å². The van der Waals surface area contributed by atoms with Crippen molar-refractivity contribution in [2.75, 3.05) is 6.61 Å². The summed E-state index contributed by atoms with van der Waals surface area (Å²) in [6, 6.07) is 0. The molecular weight excluding hydrogens is 204 g/mol. The van der Waals surface area contributed by atoms with Crippen molar-refractivity contribution in [3.05, 3.63) is 0 Å². The van der Waals surface area contributed by atoms with Crippen molar-refractivity contribution in [1.29, 1.82) is 0 Å². The van der Waals surface area contributed by atoms with E-state index in [1.807, 2.05) is 0 Å².